The summed E-state index contributed by atoms with van der Waals surface area (Å²) in [6.07, 6.45) is -6.28. The highest BCUT2D eigenvalue weighted by Crippen LogP contribution is 2.34. The zero-order valence-electron chi connectivity index (χ0n) is 18.3. The van der Waals surface area contributed by atoms with Gasteiger partial charge in [-0.1, -0.05) is 36.4 Å². The number of halogens is 3. The lowest BCUT2D eigenvalue weighted by molar-refractivity contribution is -0.139. The molecule has 3 N–H and O–H groups in total. The summed E-state index contributed by atoms with van der Waals surface area (Å²) in [5.41, 5.74) is 0.322. The lowest BCUT2D eigenvalue weighted by Gasteiger charge is -2.18. The van der Waals surface area contributed by atoms with Crippen LogP contribution < -0.4 is 10.0 Å². The van der Waals surface area contributed by atoms with E-state index in [4.69, 9.17) is 0 Å². The fraction of sp³-hybridized carbons (Fsp3) is 0.208. The lowest BCUT2D eigenvalue weighted by Crippen LogP contribution is -2.30. The molecule has 3 rings (SSSR count). The van der Waals surface area contributed by atoms with Crippen molar-refractivity contribution in [1.82, 2.24) is 5.32 Å². The summed E-state index contributed by atoms with van der Waals surface area (Å²) in [5, 5.41) is 12.7. The van der Waals surface area contributed by atoms with E-state index in [1.54, 1.807) is 25.1 Å². The molecule has 0 aliphatic carbocycles. The van der Waals surface area contributed by atoms with Crippen molar-refractivity contribution >= 4 is 21.6 Å². The van der Waals surface area contributed by atoms with Gasteiger partial charge < -0.3 is 10.4 Å². The molecule has 180 valence electrons. The molecule has 0 bridgehead atoms. The number of sulfonamides is 1. The Morgan fingerprint density at radius 3 is 2.38 bits per heavy atom. The van der Waals surface area contributed by atoms with Crippen LogP contribution in [0, 0.1) is 13.8 Å². The van der Waals surface area contributed by atoms with Crippen LogP contribution in [0.4, 0.5) is 18.9 Å². The molecule has 6 nitrogen and oxygen atoms in total. The number of carbonyl (C=O) groups is 1. The normalized spacial score (nSPS) is 12.8. The number of alkyl halides is 3. The van der Waals surface area contributed by atoms with E-state index in [1.165, 1.54) is 30.3 Å². The second kappa shape index (κ2) is 9.86. The molecular weight excluding hydrogens is 469 g/mol. The predicted octanol–water partition coefficient (Wildman–Crippen LogP) is 4.59. The van der Waals surface area contributed by atoms with Crippen molar-refractivity contribution in [3.05, 3.63) is 94.5 Å². The number of anilines is 1. The van der Waals surface area contributed by atoms with E-state index >= 15 is 0 Å². The number of rotatable bonds is 7. The highest BCUT2D eigenvalue weighted by Gasteiger charge is 2.34. The first-order valence-corrected chi connectivity index (χ1v) is 11.7. The van der Waals surface area contributed by atoms with Crippen LogP contribution >= 0.6 is 0 Å². The maximum absolute atomic E-state index is 13.2. The Morgan fingerprint density at radius 2 is 1.71 bits per heavy atom. The standard InChI is InChI=1S/C24H23F3N2O4S/c1-15-6-5-7-17(12-15)29-34(32,33)18-11-10-16(2)20(13-18)23(31)28-14-22(30)19-8-3-4-9-21(19)24(25,26)27/h3-13,22,29-30H,14H2,1-2H3,(H,28,31). The van der Waals surface area contributed by atoms with Crippen molar-refractivity contribution in [2.75, 3.05) is 11.3 Å². The molecule has 10 heteroatoms. The second-order valence-electron chi connectivity index (χ2n) is 7.76. The Labute approximate surface area is 195 Å². The number of benzene rings is 3. The van der Waals surface area contributed by atoms with Crippen LogP contribution in [0.1, 0.15) is 38.7 Å². The van der Waals surface area contributed by atoms with E-state index in [0.717, 1.165) is 17.7 Å². The lowest BCUT2D eigenvalue weighted by atomic mass is 10.0. The van der Waals surface area contributed by atoms with E-state index in [-0.39, 0.29) is 16.0 Å². The van der Waals surface area contributed by atoms with Crippen LogP contribution in [0.25, 0.3) is 0 Å². The zero-order chi connectivity index (χ0) is 25.1. The molecular formula is C24H23F3N2O4S. The smallest absolute Gasteiger partial charge is 0.387 e. The number of amides is 1. The van der Waals surface area contributed by atoms with Gasteiger partial charge in [0, 0.05) is 17.8 Å². The highest BCUT2D eigenvalue weighted by molar-refractivity contribution is 7.92. The van der Waals surface area contributed by atoms with Gasteiger partial charge in [0.05, 0.1) is 16.6 Å². The second-order valence-corrected chi connectivity index (χ2v) is 9.44. The molecule has 0 heterocycles. The fourth-order valence-corrected chi connectivity index (χ4v) is 4.45. The Kier molecular flexibility index (Phi) is 7.32. The average molecular weight is 493 g/mol. The molecule has 0 saturated carbocycles. The molecule has 3 aromatic rings. The van der Waals surface area contributed by atoms with Crippen molar-refractivity contribution in [2.24, 2.45) is 0 Å². The van der Waals surface area contributed by atoms with Gasteiger partial charge in [-0.05, 0) is 60.9 Å². The molecule has 1 amide bonds. The van der Waals surface area contributed by atoms with Crippen molar-refractivity contribution in [3.8, 4) is 0 Å². The van der Waals surface area contributed by atoms with Crippen LogP contribution in [-0.2, 0) is 16.2 Å². The highest BCUT2D eigenvalue weighted by atomic mass is 32.2. The van der Waals surface area contributed by atoms with Crippen LogP contribution in [0.3, 0.4) is 0 Å². The van der Waals surface area contributed by atoms with Gasteiger partial charge in [-0.15, -0.1) is 0 Å². The van der Waals surface area contributed by atoms with E-state index in [0.29, 0.717) is 11.3 Å². The summed E-state index contributed by atoms with van der Waals surface area (Å²) in [6, 6.07) is 15.3. The minimum atomic E-state index is -4.66. The summed E-state index contributed by atoms with van der Waals surface area (Å²) < 4.78 is 67.6. The first kappa shape index (κ1) is 25.3. The van der Waals surface area contributed by atoms with Crippen LogP contribution in [0.5, 0.6) is 0 Å². The largest absolute Gasteiger partial charge is 0.416 e. The Bertz CT molecular complexity index is 1310. The minimum absolute atomic E-state index is 0.0171. The van der Waals surface area contributed by atoms with Gasteiger partial charge in [0.15, 0.2) is 0 Å². The maximum atomic E-state index is 13.2. The zero-order valence-corrected chi connectivity index (χ0v) is 19.2. The monoisotopic (exact) mass is 492 g/mol. The first-order chi connectivity index (χ1) is 15.9. The summed E-state index contributed by atoms with van der Waals surface area (Å²) >= 11 is 0. The van der Waals surface area contributed by atoms with Gasteiger partial charge in [0.1, 0.15) is 0 Å². The number of carbonyl (C=O) groups excluding carboxylic acids is 1. The number of aliphatic hydroxyl groups is 1. The SMILES string of the molecule is Cc1cccc(NS(=O)(=O)c2ccc(C)c(C(=O)NCC(O)c3ccccc3C(F)(F)F)c2)c1. The molecule has 34 heavy (non-hydrogen) atoms. The van der Waals surface area contributed by atoms with Crippen molar-refractivity contribution < 1.29 is 31.5 Å². The van der Waals surface area contributed by atoms with Gasteiger partial charge in [0.25, 0.3) is 15.9 Å². The third-order valence-corrected chi connectivity index (χ3v) is 6.49. The van der Waals surface area contributed by atoms with Crippen LogP contribution in [0.2, 0.25) is 0 Å². The number of aryl methyl sites for hydroxylation is 2. The van der Waals surface area contributed by atoms with Crippen molar-refractivity contribution in [3.63, 3.8) is 0 Å². The maximum Gasteiger partial charge on any atom is 0.416 e. The van der Waals surface area contributed by atoms with Gasteiger partial charge in [0.2, 0.25) is 0 Å². The molecule has 0 aliphatic rings. The summed E-state index contributed by atoms with van der Waals surface area (Å²) in [4.78, 5) is 12.5. The van der Waals surface area contributed by atoms with Crippen molar-refractivity contribution in [1.29, 1.82) is 0 Å². The summed E-state index contributed by atoms with van der Waals surface area (Å²) in [6.45, 7) is 2.91. The number of hydrogen-bond donors (Lipinski definition) is 3. The van der Waals surface area contributed by atoms with Gasteiger partial charge >= 0.3 is 6.18 Å². The minimum Gasteiger partial charge on any atom is -0.387 e. The average Bonchev–Trinajstić information content (AvgIpc) is 2.76. The third kappa shape index (κ3) is 5.95. The number of hydrogen-bond acceptors (Lipinski definition) is 4. The van der Waals surface area contributed by atoms with E-state index in [1.807, 2.05) is 13.0 Å². The molecule has 0 aliphatic heterocycles. The Balaban J connectivity index is 1.78. The van der Waals surface area contributed by atoms with Crippen LogP contribution in [-0.4, -0.2) is 26.0 Å². The quantitative estimate of drug-likeness (QED) is 0.450. The summed E-state index contributed by atoms with van der Waals surface area (Å²) in [7, 11) is -4.00. The fourth-order valence-electron chi connectivity index (χ4n) is 3.38. The molecule has 0 spiro atoms. The van der Waals surface area contributed by atoms with Gasteiger partial charge in [-0.2, -0.15) is 13.2 Å². The molecule has 1 atom stereocenters. The van der Waals surface area contributed by atoms with E-state index in [9.17, 15) is 31.5 Å². The predicted molar refractivity (Wildman–Crippen MR) is 122 cm³/mol. The Morgan fingerprint density at radius 1 is 1.00 bits per heavy atom. The van der Waals surface area contributed by atoms with Gasteiger partial charge in [-0.25, -0.2) is 8.42 Å². The molecule has 1 unspecified atom stereocenters. The van der Waals surface area contributed by atoms with E-state index in [2.05, 4.69) is 10.0 Å². The summed E-state index contributed by atoms with van der Waals surface area (Å²) in [5.74, 6) is -0.728. The van der Waals surface area contributed by atoms with Crippen molar-refractivity contribution in [2.45, 2.75) is 31.0 Å². The third-order valence-electron chi connectivity index (χ3n) is 5.12. The molecule has 3 aromatic carbocycles. The first-order valence-electron chi connectivity index (χ1n) is 10.2. The molecule has 0 saturated heterocycles. The number of nitrogens with one attached hydrogen (secondary N) is 2. The molecule has 0 fully saturated rings. The topological polar surface area (TPSA) is 95.5 Å². The van der Waals surface area contributed by atoms with E-state index < -0.39 is 40.3 Å². The number of aliphatic hydroxyl groups excluding tert-OH is 1. The molecule has 0 aromatic heterocycles. The van der Waals surface area contributed by atoms with Gasteiger partial charge in [-0.3, -0.25) is 9.52 Å². The molecule has 0 radical (unpaired) electrons. The Hall–Kier alpha value is -3.37. The van der Waals surface area contributed by atoms with Crippen LogP contribution in [0.15, 0.2) is 71.6 Å².